The standard InChI is InChI=1S/C51H27B5N4O/c52-44-42(45(53)47(55)48(56)46(44)54)28-18-20-30(21-19-28)50-57-49(29-10-3-1-4-11-29)58-51(59-50)32-23-25-40-37(27-32)43-34(15-9-17-41(43)61-40)31-22-24-39-36(26-31)35-14-7-8-16-38(35)60(39)33-12-5-2-6-13-33/h1-27H. The Morgan fingerprint density at radius 2 is 0.918 bits per heavy atom. The highest BCUT2D eigenvalue weighted by atomic mass is 16.3. The van der Waals surface area contributed by atoms with Crippen molar-refractivity contribution in [3.05, 3.63) is 164 Å². The van der Waals surface area contributed by atoms with Crippen molar-refractivity contribution in [2.24, 2.45) is 0 Å². The van der Waals surface area contributed by atoms with Crippen LogP contribution in [0.25, 0.3) is 106 Å². The predicted molar refractivity (Wildman–Crippen MR) is 256 cm³/mol. The zero-order valence-corrected chi connectivity index (χ0v) is 32.7. The highest BCUT2D eigenvalue weighted by molar-refractivity contribution is 6.68. The average molecular weight is 766 g/mol. The van der Waals surface area contributed by atoms with Gasteiger partial charge in [-0.05, 0) is 76.9 Å². The van der Waals surface area contributed by atoms with E-state index in [1.54, 1.807) is 0 Å². The molecular formula is C51H27B5N4O. The van der Waals surface area contributed by atoms with E-state index in [1.807, 2.05) is 84.9 Å². The fourth-order valence-electron chi connectivity index (χ4n) is 8.50. The van der Waals surface area contributed by atoms with Crippen LogP contribution in [-0.2, 0) is 0 Å². The molecular weight excluding hydrogens is 739 g/mol. The first-order chi connectivity index (χ1) is 29.8. The Hall–Kier alpha value is -7.31. The number of benzene rings is 8. The van der Waals surface area contributed by atoms with Crippen LogP contribution < -0.4 is 27.3 Å². The van der Waals surface area contributed by atoms with Crippen LogP contribution in [0.15, 0.2) is 168 Å². The minimum Gasteiger partial charge on any atom is -0.456 e. The van der Waals surface area contributed by atoms with Crippen molar-refractivity contribution in [1.29, 1.82) is 0 Å². The largest absolute Gasteiger partial charge is 0.456 e. The molecule has 0 aliphatic carbocycles. The summed E-state index contributed by atoms with van der Waals surface area (Å²) in [5.41, 5.74) is 11.9. The topological polar surface area (TPSA) is 56.7 Å². The van der Waals surface area contributed by atoms with Crippen LogP contribution >= 0.6 is 0 Å². The molecule has 0 amide bonds. The van der Waals surface area contributed by atoms with Crippen molar-refractivity contribution in [3.8, 4) is 62.1 Å². The lowest BCUT2D eigenvalue weighted by Gasteiger charge is -2.21. The number of rotatable bonds is 6. The lowest BCUT2D eigenvalue weighted by Crippen LogP contribution is -2.55. The molecule has 11 rings (SSSR count). The van der Waals surface area contributed by atoms with Gasteiger partial charge >= 0.3 is 0 Å². The van der Waals surface area contributed by atoms with E-state index in [4.69, 9.17) is 58.6 Å². The number of furan rings is 1. The maximum absolute atomic E-state index is 6.50. The van der Waals surface area contributed by atoms with E-state index in [-0.39, 0.29) is 27.3 Å². The molecule has 0 unspecified atom stereocenters. The summed E-state index contributed by atoms with van der Waals surface area (Å²) in [5.74, 6) is 1.55. The third-order valence-electron chi connectivity index (χ3n) is 11.5. The van der Waals surface area contributed by atoms with Gasteiger partial charge < -0.3 is 8.98 Å². The minimum absolute atomic E-state index is 0.171. The molecule has 8 aromatic carbocycles. The second kappa shape index (κ2) is 14.5. The maximum atomic E-state index is 6.50. The maximum Gasteiger partial charge on any atom is 0.164 e. The summed E-state index contributed by atoms with van der Waals surface area (Å²) in [6.07, 6.45) is 0. The third kappa shape index (κ3) is 6.04. The van der Waals surface area contributed by atoms with Crippen molar-refractivity contribution in [2.75, 3.05) is 0 Å². The van der Waals surface area contributed by atoms with E-state index in [0.717, 1.165) is 72.0 Å². The van der Waals surface area contributed by atoms with Crippen LogP contribution in [0.1, 0.15) is 0 Å². The van der Waals surface area contributed by atoms with Gasteiger partial charge in [0.1, 0.15) is 50.4 Å². The van der Waals surface area contributed by atoms with E-state index < -0.39 is 0 Å². The van der Waals surface area contributed by atoms with Crippen molar-refractivity contribution < 1.29 is 4.42 Å². The van der Waals surface area contributed by atoms with Gasteiger partial charge in [0.25, 0.3) is 0 Å². The fraction of sp³-hybridized carbons (Fsp3) is 0. The molecule has 5 nitrogen and oxygen atoms in total. The third-order valence-corrected chi connectivity index (χ3v) is 11.5. The molecule has 0 atom stereocenters. The van der Waals surface area contributed by atoms with Gasteiger partial charge in [-0.1, -0.05) is 120 Å². The first-order valence-electron chi connectivity index (χ1n) is 19.8. The van der Waals surface area contributed by atoms with Crippen molar-refractivity contribution in [1.82, 2.24) is 19.5 Å². The smallest absolute Gasteiger partial charge is 0.164 e. The number of fused-ring (bicyclic) bond motifs is 6. The Bertz CT molecular complexity index is 3500. The minimum atomic E-state index is 0.171. The van der Waals surface area contributed by atoms with Crippen molar-refractivity contribution in [2.45, 2.75) is 0 Å². The lowest BCUT2D eigenvalue weighted by molar-refractivity contribution is 0.669. The van der Waals surface area contributed by atoms with Gasteiger partial charge in [0.2, 0.25) is 0 Å². The summed E-state index contributed by atoms with van der Waals surface area (Å²) in [6, 6.07) is 55.6. The Morgan fingerprint density at radius 1 is 0.377 bits per heavy atom. The monoisotopic (exact) mass is 766 g/mol. The molecule has 0 aliphatic rings. The SMILES string of the molecule is [B]c1c([B])c([B])c(-c2ccc(-c3nc(-c4ccccc4)nc(-c4ccc5oc6cccc(-c7ccc8c(c7)c7ccccc7n8-c7ccccc7)c6c5c4)n3)cc2)c([B])c1[B]. The van der Waals surface area contributed by atoms with Gasteiger partial charge in [-0.2, -0.15) is 0 Å². The molecule has 10 radical (unpaired) electrons. The molecule has 11 aromatic rings. The van der Waals surface area contributed by atoms with Crippen LogP contribution in [0.4, 0.5) is 0 Å². The van der Waals surface area contributed by atoms with Crippen LogP contribution in [0.3, 0.4) is 0 Å². The Balaban J connectivity index is 1.05. The summed E-state index contributed by atoms with van der Waals surface area (Å²) in [5, 5.41) is 4.34. The molecule has 0 N–H and O–H groups in total. The van der Waals surface area contributed by atoms with Crippen LogP contribution in [0, 0.1) is 0 Å². The molecule has 0 aliphatic heterocycles. The molecule has 3 heterocycles. The first-order valence-corrected chi connectivity index (χ1v) is 19.8. The summed E-state index contributed by atoms with van der Waals surface area (Å²) in [6.45, 7) is 0. The van der Waals surface area contributed by atoms with E-state index in [0.29, 0.717) is 23.0 Å². The number of aromatic nitrogens is 4. The second-order valence-corrected chi connectivity index (χ2v) is 15.1. The summed E-state index contributed by atoms with van der Waals surface area (Å²) >= 11 is 0. The molecule has 3 aromatic heterocycles. The van der Waals surface area contributed by atoms with Gasteiger partial charge in [0, 0.05) is 43.9 Å². The highest BCUT2D eigenvalue weighted by Crippen LogP contribution is 2.41. The number of para-hydroxylation sites is 2. The molecule has 0 fully saturated rings. The molecule has 272 valence electrons. The van der Waals surface area contributed by atoms with E-state index >= 15 is 0 Å². The Labute approximate surface area is 358 Å². The van der Waals surface area contributed by atoms with Gasteiger partial charge in [-0.3, -0.25) is 0 Å². The number of hydrogen-bond acceptors (Lipinski definition) is 4. The van der Waals surface area contributed by atoms with E-state index in [2.05, 4.69) is 83.4 Å². The highest BCUT2D eigenvalue weighted by Gasteiger charge is 2.19. The summed E-state index contributed by atoms with van der Waals surface area (Å²) < 4.78 is 8.83. The first kappa shape index (κ1) is 36.8. The molecule has 10 heteroatoms. The van der Waals surface area contributed by atoms with E-state index in [1.165, 1.54) is 10.8 Å². The van der Waals surface area contributed by atoms with Gasteiger partial charge in [0.05, 0.1) is 11.0 Å². The molecule has 0 spiro atoms. The van der Waals surface area contributed by atoms with Gasteiger partial charge in [-0.15, -0.1) is 16.4 Å². The molecule has 0 bridgehead atoms. The van der Waals surface area contributed by atoms with Gasteiger partial charge in [0.15, 0.2) is 17.5 Å². The van der Waals surface area contributed by atoms with Crippen LogP contribution in [-0.4, -0.2) is 58.8 Å². The Morgan fingerprint density at radius 3 is 1.64 bits per heavy atom. The summed E-state index contributed by atoms with van der Waals surface area (Å²) in [4.78, 5) is 15.0. The van der Waals surface area contributed by atoms with Crippen LogP contribution in [0.2, 0.25) is 0 Å². The van der Waals surface area contributed by atoms with Crippen molar-refractivity contribution in [3.63, 3.8) is 0 Å². The molecule has 0 saturated carbocycles. The fourth-order valence-corrected chi connectivity index (χ4v) is 8.50. The summed E-state index contributed by atoms with van der Waals surface area (Å²) in [7, 11) is 31.2. The normalized spacial score (nSPS) is 11.6. The second-order valence-electron chi connectivity index (χ2n) is 15.1. The average Bonchev–Trinajstić information content (AvgIpc) is 3.86. The predicted octanol–water partition coefficient (Wildman–Crippen LogP) is 7.17. The van der Waals surface area contributed by atoms with Crippen LogP contribution in [0.5, 0.6) is 0 Å². The quantitative estimate of drug-likeness (QED) is 0.169. The number of hydrogen-bond donors (Lipinski definition) is 0. The lowest BCUT2D eigenvalue weighted by atomic mass is 9.59. The Kier molecular flexibility index (Phi) is 8.71. The molecule has 0 saturated heterocycles. The van der Waals surface area contributed by atoms with Crippen molar-refractivity contribution >= 4 is 110 Å². The molecule has 61 heavy (non-hydrogen) atoms. The van der Waals surface area contributed by atoms with Gasteiger partial charge in [-0.25, -0.2) is 15.0 Å². The van der Waals surface area contributed by atoms with E-state index in [9.17, 15) is 0 Å². The zero-order chi connectivity index (χ0) is 41.4. The number of nitrogens with zero attached hydrogens (tertiary/aromatic N) is 4. The zero-order valence-electron chi connectivity index (χ0n) is 32.7.